The van der Waals surface area contributed by atoms with Crippen LogP contribution in [-0.2, 0) is 22.5 Å². The van der Waals surface area contributed by atoms with Gasteiger partial charge in [-0.3, -0.25) is 10.1 Å². The van der Waals surface area contributed by atoms with Crippen LogP contribution in [0.4, 0.5) is 16.4 Å². The zero-order valence-corrected chi connectivity index (χ0v) is 19.1. The molecular formula is C21H25BrN6O3. The van der Waals surface area contributed by atoms with Crippen molar-refractivity contribution in [3.05, 3.63) is 46.2 Å². The van der Waals surface area contributed by atoms with Gasteiger partial charge in [0.15, 0.2) is 0 Å². The minimum absolute atomic E-state index is 0.216. The second kappa shape index (κ2) is 9.29. The van der Waals surface area contributed by atoms with Crippen LogP contribution in [0.15, 0.2) is 34.9 Å². The number of carbonyl (C=O) groups is 2. The lowest BCUT2D eigenvalue weighted by molar-refractivity contribution is -0.119. The van der Waals surface area contributed by atoms with E-state index in [0.717, 1.165) is 35.2 Å². The number of likely N-dealkylation sites (tertiary alicyclic amines) is 1. The number of rotatable bonds is 4. The van der Waals surface area contributed by atoms with Crippen molar-refractivity contribution in [1.29, 1.82) is 0 Å². The van der Waals surface area contributed by atoms with E-state index in [4.69, 9.17) is 4.74 Å². The second-order valence-electron chi connectivity index (χ2n) is 7.84. The predicted octanol–water partition coefficient (Wildman–Crippen LogP) is 2.49. The highest BCUT2D eigenvalue weighted by atomic mass is 79.9. The van der Waals surface area contributed by atoms with Gasteiger partial charge in [-0.15, -0.1) is 0 Å². The summed E-state index contributed by atoms with van der Waals surface area (Å²) in [6.45, 7) is 2.04. The molecule has 2 aromatic rings. The van der Waals surface area contributed by atoms with Crippen molar-refractivity contribution in [3.8, 4) is 0 Å². The molecule has 0 unspecified atom stereocenters. The maximum Gasteiger partial charge on any atom is 0.322 e. The van der Waals surface area contributed by atoms with E-state index < -0.39 is 6.04 Å². The van der Waals surface area contributed by atoms with Crippen LogP contribution in [0.3, 0.4) is 0 Å². The number of methoxy groups -OCH3 is 1. The smallest absolute Gasteiger partial charge is 0.322 e. The molecule has 2 aliphatic rings. The van der Waals surface area contributed by atoms with Gasteiger partial charge in [-0.05, 0) is 31.3 Å². The first-order chi connectivity index (χ1) is 14.9. The minimum atomic E-state index is -0.675. The highest BCUT2D eigenvalue weighted by molar-refractivity contribution is 9.10. The highest BCUT2D eigenvalue weighted by Crippen LogP contribution is 2.24. The molecule has 3 amide bonds. The highest BCUT2D eigenvalue weighted by Gasteiger charge is 2.40. The molecule has 1 aromatic carbocycles. The predicted molar refractivity (Wildman–Crippen MR) is 120 cm³/mol. The fourth-order valence-electron chi connectivity index (χ4n) is 3.88. The molecule has 2 aliphatic heterocycles. The summed E-state index contributed by atoms with van der Waals surface area (Å²) in [5, 5.41) is 5.63. The zero-order chi connectivity index (χ0) is 22.0. The lowest BCUT2D eigenvalue weighted by Crippen LogP contribution is -2.45. The van der Waals surface area contributed by atoms with E-state index in [2.05, 4.69) is 48.5 Å². The number of carbonyl (C=O) groups excluding carboxylic acids is 2. The number of halogens is 1. The Morgan fingerprint density at radius 2 is 2.00 bits per heavy atom. The number of benzene rings is 1. The van der Waals surface area contributed by atoms with Crippen molar-refractivity contribution >= 4 is 39.5 Å². The molecule has 3 heterocycles. The molecule has 1 aromatic heterocycles. The minimum Gasteiger partial charge on any atom is -0.380 e. The standard InChI is InChI=1S/C21H25BrN6O3/c1-27-8-7-17-13(11-27)10-23-20(25-17)26-19(29)18-9-16(31-2)12-28(18)21(30)24-15-5-3-14(22)4-6-15/h3-6,10,16,18H,7-9,11-12H2,1-2H3,(H,24,30)(H,23,25,26,29)/t16-,18-/m1/s1. The first kappa shape index (κ1) is 21.7. The van der Waals surface area contributed by atoms with Crippen LogP contribution in [0.2, 0.25) is 0 Å². The summed E-state index contributed by atoms with van der Waals surface area (Å²) in [5.74, 6) is -0.0548. The molecule has 1 fully saturated rings. The number of aromatic nitrogens is 2. The molecule has 9 nitrogen and oxygen atoms in total. The van der Waals surface area contributed by atoms with Crippen molar-refractivity contribution < 1.29 is 14.3 Å². The van der Waals surface area contributed by atoms with E-state index in [1.165, 1.54) is 4.90 Å². The van der Waals surface area contributed by atoms with E-state index >= 15 is 0 Å². The molecule has 1 saturated heterocycles. The maximum atomic E-state index is 13.0. The van der Waals surface area contributed by atoms with Gasteiger partial charge in [0.2, 0.25) is 11.9 Å². The molecule has 2 N–H and O–H groups in total. The van der Waals surface area contributed by atoms with Gasteiger partial charge in [-0.1, -0.05) is 15.9 Å². The number of fused-ring (bicyclic) bond motifs is 1. The quantitative estimate of drug-likeness (QED) is 0.685. The summed E-state index contributed by atoms with van der Waals surface area (Å²) >= 11 is 3.37. The van der Waals surface area contributed by atoms with E-state index in [-0.39, 0.29) is 24.0 Å². The van der Waals surface area contributed by atoms with Gasteiger partial charge in [-0.25, -0.2) is 14.8 Å². The third-order valence-corrected chi connectivity index (χ3v) is 6.14. The fraction of sp³-hybridized carbons (Fsp3) is 0.429. The summed E-state index contributed by atoms with van der Waals surface area (Å²) in [6.07, 6.45) is 2.77. The number of anilines is 2. The Morgan fingerprint density at radius 1 is 1.23 bits per heavy atom. The van der Waals surface area contributed by atoms with Crippen LogP contribution in [-0.4, -0.2) is 71.1 Å². The molecule has 10 heteroatoms. The van der Waals surface area contributed by atoms with Gasteiger partial charge >= 0.3 is 6.03 Å². The lowest BCUT2D eigenvalue weighted by atomic mass is 10.1. The first-order valence-corrected chi connectivity index (χ1v) is 10.9. The fourth-order valence-corrected chi connectivity index (χ4v) is 4.14. The van der Waals surface area contributed by atoms with Crippen molar-refractivity contribution in [1.82, 2.24) is 19.8 Å². The van der Waals surface area contributed by atoms with Crippen molar-refractivity contribution in [2.24, 2.45) is 0 Å². The summed E-state index contributed by atoms with van der Waals surface area (Å²) in [6, 6.07) is 6.24. The molecule has 31 heavy (non-hydrogen) atoms. The lowest BCUT2D eigenvalue weighted by Gasteiger charge is -2.25. The largest absolute Gasteiger partial charge is 0.380 e. The zero-order valence-electron chi connectivity index (χ0n) is 17.5. The Labute approximate surface area is 189 Å². The number of hydrogen-bond donors (Lipinski definition) is 2. The Kier molecular flexibility index (Phi) is 6.49. The molecule has 0 bridgehead atoms. The monoisotopic (exact) mass is 488 g/mol. The van der Waals surface area contributed by atoms with Crippen LogP contribution < -0.4 is 10.6 Å². The van der Waals surface area contributed by atoms with Gasteiger partial charge in [0.25, 0.3) is 0 Å². The van der Waals surface area contributed by atoms with Crippen molar-refractivity contribution in [3.63, 3.8) is 0 Å². The first-order valence-electron chi connectivity index (χ1n) is 10.1. The summed E-state index contributed by atoms with van der Waals surface area (Å²) in [5.41, 5.74) is 2.67. The molecule has 0 spiro atoms. The number of nitrogens with one attached hydrogen (secondary N) is 2. The Hall–Kier alpha value is -2.56. The van der Waals surface area contributed by atoms with Crippen molar-refractivity contribution in [2.45, 2.75) is 31.5 Å². The van der Waals surface area contributed by atoms with Crippen LogP contribution in [0.5, 0.6) is 0 Å². The molecule has 2 atom stereocenters. The summed E-state index contributed by atoms with van der Waals surface area (Å²) in [4.78, 5) is 38.4. The number of hydrogen-bond acceptors (Lipinski definition) is 6. The SMILES string of the molecule is CO[C@@H]1C[C@H](C(=O)Nc2ncc3c(n2)CCN(C)C3)N(C(=O)Nc2ccc(Br)cc2)C1. The van der Waals surface area contributed by atoms with Crippen LogP contribution in [0.1, 0.15) is 17.7 Å². The number of amides is 3. The van der Waals surface area contributed by atoms with E-state index in [1.54, 1.807) is 25.4 Å². The normalized spacial score (nSPS) is 20.9. The molecule has 0 aliphatic carbocycles. The average molecular weight is 489 g/mol. The molecule has 0 saturated carbocycles. The molecular weight excluding hydrogens is 464 g/mol. The Morgan fingerprint density at radius 3 is 2.74 bits per heavy atom. The maximum absolute atomic E-state index is 13.0. The topological polar surface area (TPSA) is 99.7 Å². The van der Waals surface area contributed by atoms with Crippen LogP contribution in [0, 0.1) is 0 Å². The molecule has 164 valence electrons. The van der Waals surface area contributed by atoms with E-state index in [9.17, 15) is 9.59 Å². The van der Waals surface area contributed by atoms with Crippen molar-refractivity contribution in [2.75, 3.05) is 37.9 Å². The number of likely N-dealkylation sites (N-methyl/N-ethyl adjacent to an activating group) is 1. The van der Waals surface area contributed by atoms with Gasteiger partial charge in [0.1, 0.15) is 6.04 Å². The van der Waals surface area contributed by atoms with Gasteiger partial charge in [0.05, 0.1) is 11.8 Å². The molecule has 0 radical (unpaired) electrons. The summed E-state index contributed by atoms with van der Waals surface area (Å²) < 4.78 is 6.35. The summed E-state index contributed by atoms with van der Waals surface area (Å²) in [7, 11) is 3.64. The van der Waals surface area contributed by atoms with E-state index in [1.807, 2.05) is 12.1 Å². The third-order valence-electron chi connectivity index (χ3n) is 5.61. The average Bonchev–Trinajstić information content (AvgIpc) is 3.20. The van der Waals surface area contributed by atoms with Crippen LogP contribution in [0.25, 0.3) is 0 Å². The van der Waals surface area contributed by atoms with Crippen LogP contribution >= 0.6 is 15.9 Å². The second-order valence-corrected chi connectivity index (χ2v) is 8.76. The van der Waals surface area contributed by atoms with Gasteiger partial charge < -0.3 is 19.9 Å². The Balaban J connectivity index is 1.46. The van der Waals surface area contributed by atoms with Gasteiger partial charge in [-0.2, -0.15) is 0 Å². The molecule has 4 rings (SSSR count). The third kappa shape index (κ3) is 5.03. The van der Waals surface area contributed by atoms with Gasteiger partial charge in [0, 0.05) is 61.5 Å². The number of ether oxygens (including phenoxy) is 1. The van der Waals surface area contributed by atoms with E-state index in [0.29, 0.717) is 18.7 Å². The number of nitrogens with zero attached hydrogens (tertiary/aromatic N) is 4. The Bertz CT molecular complexity index is 970. The number of urea groups is 1.